The van der Waals surface area contributed by atoms with E-state index < -0.39 is 43.8 Å². The summed E-state index contributed by atoms with van der Waals surface area (Å²) in [5.74, 6) is 2.72. The Bertz CT molecular complexity index is 3150. The molecule has 5 heterocycles. The minimum atomic E-state index is -4.13. The second-order valence-electron chi connectivity index (χ2n) is 22.0. The van der Waals surface area contributed by atoms with Crippen molar-refractivity contribution >= 4 is 71.5 Å². The van der Waals surface area contributed by atoms with Gasteiger partial charge in [0, 0.05) is 135 Å². The first-order valence-electron chi connectivity index (χ1n) is 26.5. The Hall–Kier alpha value is -6.63. The number of methoxy groups -OCH3 is 4. The normalized spacial score (nSPS) is 16.8. The van der Waals surface area contributed by atoms with Crippen LogP contribution < -0.4 is 52.8 Å². The van der Waals surface area contributed by atoms with Gasteiger partial charge in [-0.2, -0.15) is 12.7 Å². The molecule has 0 unspecified atom stereocenters. The molecule has 0 radical (unpaired) electrons. The number of fused-ring (bicyclic) bond motifs is 2. The summed E-state index contributed by atoms with van der Waals surface area (Å²) in [7, 11) is 2.05. The van der Waals surface area contributed by atoms with Crippen molar-refractivity contribution in [1.29, 1.82) is 0 Å². The molecule has 2 saturated heterocycles. The van der Waals surface area contributed by atoms with E-state index in [4.69, 9.17) is 28.4 Å². The minimum absolute atomic E-state index is 0.0787. The van der Waals surface area contributed by atoms with Gasteiger partial charge in [-0.05, 0) is 96.4 Å². The van der Waals surface area contributed by atoms with Gasteiger partial charge in [0.2, 0.25) is 0 Å². The number of ether oxygens (including phenoxy) is 6. The van der Waals surface area contributed by atoms with Crippen LogP contribution in [0.15, 0.2) is 77.7 Å². The van der Waals surface area contributed by atoms with Crippen LogP contribution in [0.25, 0.3) is 21.8 Å². The first kappa shape index (κ1) is 60.0. The average Bonchev–Trinajstić information content (AvgIpc) is 4.41. The lowest BCUT2D eigenvalue weighted by Gasteiger charge is -2.39. The molecular formula is C55H78N10O12S2. The molecule has 4 aliphatic rings. The number of carbonyl (C=O) groups excluding carboxylic acids is 1. The Balaban J connectivity index is 0.000000180. The lowest BCUT2D eigenvalue weighted by Crippen LogP contribution is -2.53. The molecule has 4 fully saturated rings. The van der Waals surface area contributed by atoms with Crippen molar-refractivity contribution in [2.75, 3.05) is 83.4 Å². The second kappa shape index (κ2) is 25.2. The van der Waals surface area contributed by atoms with Crippen molar-refractivity contribution < 1.29 is 59.1 Å². The lowest BCUT2D eigenvalue weighted by atomic mass is 10.0. The van der Waals surface area contributed by atoms with Gasteiger partial charge in [-0.3, -0.25) is 9.97 Å². The van der Waals surface area contributed by atoms with Crippen molar-refractivity contribution in [3.63, 3.8) is 0 Å². The van der Waals surface area contributed by atoms with Crippen molar-refractivity contribution in [3.05, 3.63) is 73.3 Å². The molecule has 5 aromatic rings. The zero-order valence-electron chi connectivity index (χ0n) is 47.5. The maximum Gasteiger partial charge on any atom is 0.493 e. The van der Waals surface area contributed by atoms with Crippen LogP contribution >= 0.6 is 0 Å². The number of carbonyl (C=O) groups is 1. The van der Waals surface area contributed by atoms with E-state index in [2.05, 4.69) is 40.3 Å². The third-order valence-electron chi connectivity index (χ3n) is 13.4. The van der Waals surface area contributed by atoms with Gasteiger partial charge in [0.1, 0.15) is 5.60 Å². The zero-order valence-corrected chi connectivity index (χ0v) is 49.1. The summed E-state index contributed by atoms with van der Waals surface area (Å²) in [5, 5.41) is 17.3. The Morgan fingerprint density at radius 3 is 1.49 bits per heavy atom. The molecule has 2 aliphatic heterocycles. The Morgan fingerprint density at radius 1 is 0.646 bits per heavy atom. The average molecular weight is 1140 g/mol. The Kier molecular flexibility index (Phi) is 19.2. The highest BCUT2D eigenvalue weighted by atomic mass is 32.2. The predicted octanol–water partition coefficient (Wildman–Crippen LogP) is 6.09. The number of nitrogens with zero attached hydrogens (tertiary/aromatic N) is 8. The van der Waals surface area contributed by atoms with Crippen LogP contribution in [0.5, 0.6) is 23.0 Å². The number of pyridine rings is 3. The van der Waals surface area contributed by atoms with Gasteiger partial charge in [0.25, 0.3) is 0 Å². The van der Waals surface area contributed by atoms with Crippen LogP contribution in [0.2, 0.25) is 0 Å². The third kappa shape index (κ3) is 16.3. The van der Waals surface area contributed by atoms with Gasteiger partial charge >= 0.3 is 26.5 Å². The van der Waals surface area contributed by atoms with E-state index in [1.54, 1.807) is 88.3 Å². The number of hydrogen-bond acceptors (Lipinski definition) is 18. The summed E-state index contributed by atoms with van der Waals surface area (Å²) < 4.78 is 89.4. The summed E-state index contributed by atoms with van der Waals surface area (Å²) in [6, 6.07) is 16.3. The van der Waals surface area contributed by atoms with E-state index in [-0.39, 0.29) is 12.1 Å². The van der Waals surface area contributed by atoms with E-state index in [1.165, 1.54) is 48.1 Å². The molecule has 22 nitrogen and oxygen atoms in total. The second-order valence-corrected chi connectivity index (χ2v) is 25.1. The van der Waals surface area contributed by atoms with Crippen LogP contribution in [0.1, 0.15) is 92.9 Å². The maximum atomic E-state index is 13.1. The van der Waals surface area contributed by atoms with E-state index in [9.17, 15) is 26.7 Å². The lowest BCUT2D eigenvalue weighted by molar-refractivity contribution is -0.511. The highest BCUT2D eigenvalue weighted by Gasteiger charge is 2.44. The highest BCUT2D eigenvalue weighted by molar-refractivity contribution is 7.87. The Labute approximate surface area is 465 Å². The molecule has 3 aromatic heterocycles. The summed E-state index contributed by atoms with van der Waals surface area (Å²) in [4.78, 5) is 27.7. The fraction of sp³-hybridized carbons (Fsp3) is 0.545. The molecular weight excluding hydrogens is 1060 g/mol. The monoisotopic (exact) mass is 1130 g/mol. The standard InChI is InChI=1S/C24H34N4O6S.C19H25N3O2.C12H19N3O4S/c1-24(2,3)34-23(29)26-35(30,31)28(16-6-7-16)17-9-12-27(13-10-17)20-8-11-25-19-15-22(33-5)21(32-4)14-18(19)20;1-23-18-11-15-16(12-19(18)24-2)20-8-5-17(15)22-9-6-14(7-10-22)21-13-3-4-13;1-12(2,3)19-11(16)13-20(17,18)15-8-6-10(7-9-15)14(4)5/h8,11,14-17H,6-7,9-10,12-13H2,1-5H3,(H,26,29);5,8,11-14,21H,3-4,6-7,9-10H2,1-2H3;6-9H,1-5H3. The molecule has 2 aliphatic carbocycles. The van der Waals surface area contributed by atoms with Crippen LogP contribution in [0.3, 0.4) is 0 Å². The number of nitrogens with one attached hydrogen (secondary N) is 2. The molecule has 1 amide bonds. The quantitative estimate of drug-likeness (QED) is 0.0684. The van der Waals surface area contributed by atoms with Gasteiger partial charge in [-0.15, -0.1) is 8.42 Å². The predicted molar refractivity (Wildman–Crippen MR) is 303 cm³/mol. The maximum absolute atomic E-state index is 13.1. The van der Waals surface area contributed by atoms with Crippen LogP contribution in [-0.2, 0) is 29.9 Å². The minimum Gasteiger partial charge on any atom is -0.594 e. The van der Waals surface area contributed by atoms with Crippen molar-refractivity contribution in [3.8, 4) is 23.0 Å². The number of hydrogen-bond donors (Lipinski definition) is 2. The molecule has 2 aromatic carbocycles. The highest BCUT2D eigenvalue weighted by Crippen LogP contribution is 2.40. The molecule has 24 heteroatoms. The first-order chi connectivity index (χ1) is 37.3. The van der Waals surface area contributed by atoms with Gasteiger partial charge in [-0.25, -0.2) is 9.52 Å². The summed E-state index contributed by atoms with van der Waals surface area (Å²) in [6.07, 6.45) is 12.2. The van der Waals surface area contributed by atoms with Gasteiger partial charge in [0.15, 0.2) is 41.5 Å². The number of rotatable bonds is 15. The van der Waals surface area contributed by atoms with Crippen molar-refractivity contribution in [2.45, 2.75) is 128 Å². The number of aromatic nitrogens is 3. The van der Waals surface area contributed by atoms with E-state index in [0.717, 1.165) is 80.6 Å². The molecule has 0 atom stereocenters. The van der Waals surface area contributed by atoms with Crippen LogP contribution in [0.4, 0.5) is 21.9 Å². The van der Waals surface area contributed by atoms with Crippen LogP contribution in [-0.4, -0.2) is 147 Å². The molecule has 9 rings (SSSR count). The summed E-state index contributed by atoms with van der Waals surface area (Å²) >= 11 is 0. The fourth-order valence-electron chi connectivity index (χ4n) is 9.45. The third-order valence-corrected chi connectivity index (χ3v) is 16.2. The van der Waals surface area contributed by atoms with E-state index >= 15 is 0 Å². The number of benzene rings is 2. The largest absolute Gasteiger partial charge is 0.594 e. The number of piperidine rings is 2. The van der Waals surface area contributed by atoms with E-state index in [1.807, 2.05) is 55.5 Å². The molecule has 2 saturated carbocycles. The zero-order chi connectivity index (χ0) is 57.5. The van der Waals surface area contributed by atoms with E-state index in [0.29, 0.717) is 43.5 Å². The van der Waals surface area contributed by atoms with Gasteiger partial charge in [-0.1, -0.05) is 29.1 Å². The fourth-order valence-corrected chi connectivity index (χ4v) is 11.8. The number of amides is 1. The van der Waals surface area contributed by atoms with Crippen molar-refractivity contribution in [1.82, 2.24) is 24.3 Å². The first-order valence-corrected chi connectivity index (χ1v) is 29.4. The smallest absolute Gasteiger partial charge is 0.493 e. The molecule has 0 bridgehead atoms. The molecule has 0 spiro atoms. The Morgan fingerprint density at radius 2 is 1.08 bits per heavy atom. The van der Waals surface area contributed by atoms with Gasteiger partial charge in [0.05, 0.1) is 39.5 Å². The van der Waals surface area contributed by atoms with Gasteiger partial charge < -0.3 is 53.5 Å². The van der Waals surface area contributed by atoms with Crippen LogP contribution in [0, 0.1) is 0 Å². The molecule has 2 N–H and O–H groups in total. The topological polar surface area (TPSA) is 243 Å². The SMILES string of the molecule is CN(C)c1cc[n+](S(=O)(=O)N=C([O-])OC(C)(C)C)cc1.COc1cc2nccc(N3CCC(N(C4CC4)S(=O)(=O)NC(=O)OC(C)(C)C)CC3)c2cc1OC.COc1cc2nccc(N3CCC(NC4CC4)CC3)c2cc1OC. The van der Waals surface area contributed by atoms with Crippen molar-refractivity contribution in [2.24, 2.45) is 4.40 Å². The summed E-state index contributed by atoms with van der Waals surface area (Å²) in [5.41, 5.74) is 3.25. The molecule has 79 heavy (non-hydrogen) atoms. The molecule has 432 valence electrons. The summed E-state index contributed by atoms with van der Waals surface area (Å²) in [6.45, 7) is 13.5. The number of anilines is 3.